The normalized spacial score (nSPS) is 24.2. The van der Waals surface area contributed by atoms with E-state index >= 15 is 0 Å². The molecule has 1 heterocycles. The molecule has 1 saturated heterocycles. The van der Waals surface area contributed by atoms with E-state index in [0.717, 1.165) is 13.1 Å². The minimum absolute atomic E-state index is 0.00521. The molecule has 1 fully saturated rings. The molecular weight excluding hydrogens is 164 g/mol. The minimum atomic E-state index is -0.00521. The van der Waals surface area contributed by atoms with Crippen LogP contribution in [0.2, 0.25) is 0 Å². The fourth-order valence-electron chi connectivity index (χ4n) is 2.13. The third-order valence-electron chi connectivity index (χ3n) is 2.67. The minimum Gasteiger partial charge on any atom is -0.355 e. The molecule has 1 aliphatic rings. The third-order valence-corrected chi connectivity index (χ3v) is 2.67. The monoisotopic (exact) mass is 184 g/mol. The van der Waals surface area contributed by atoms with E-state index < -0.39 is 0 Å². The van der Waals surface area contributed by atoms with Crippen LogP contribution >= 0.6 is 0 Å². The number of rotatable bonds is 1. The lowest BCUT2D eigenvalue weighted by atomic mass is 9.96. The standard InChI is InChI=1S/C10H20N2O/c1-8(2)12-6-5-11-9(13)7-10(12,3)4/h8H,5-7H2,1-4H3,(H,11,13). The van der Waals surface area contributed by atoms with Crippen molar-refractivity contribution < 1.29 is 4.79 Å². The average Bonchev–Trinajstić information content (AvgIpc) is 2.06. The zero-order valence-electron chi connectivity index (χ0n) is 9.05. The third kappa shape index (κ3) is 2.44. The first kappa shape index (κ1) is 10.5. The Morgan fingerprint density at radius 1 is 1.46 bits per heavy atom. The lowest BCUT2D eigenvalue weighted by Gasteiger charge is -2.39. The predicted molar refractivity (Wildman–Crippen MR) is 53.5 cm³/mol. The Morgan fingerprint density at radius 2 is 2.08 bits per heavy atom. The van der Waals surface area contributed by atoms with Gasteiger partial charge >= 0.3 is 0 Å². The number of carbonyl (C=O) groups excluding carboxylic acids is 1. The molecule has 0 aliphatic carbocycles. The maximum atomic E-state index is 11.3. The number of hydrogen-bond donors (Lipinski definition) is 1. The number of nitrogens with one attached hydrogen (secondary N) is 1. The Kier molecular flexibility index (Phi) is 2.96. The van der Waals surface area contributed by atoms with Crippen molar-refractivity contribution >= 4 is 5.91 Å². The van der Waals surface area contributed by atoms with Crippen LogP contribution in [0.1, 0.15) is 34.1 Å². The number of nitrogens with zero attached hydrogens (tertiary/aromatic N) is 1. The van der Waals surface area contributed by atoms with Crippen LogP contribution in [0.25, 0.3) is 0 Å². The first-order valence-corrected chi connectivity index (χ1v) is 4.97. The van der Waals surface area contributed by atoms with Crippen LogP contribution in [-0.4, -0.2) is 35.5 Å². The number of hydrogen-bond acceptors (Lipinski definition) is 2. The molecule has 1 rings (SSSR count). The topological polar surface area (TPSA) is 32.3 Å². The van der Waals surface area contributed by atoms with Gasteiger partial charge in [0.15, 0.2) is 0 Å². The molecule has 1 aliphatic heterocycles. The molecule has 1 amide bonds. The molecule has 0 aromatic heterocycles. The van der Waals surface area contributed by atoms with Gasteiger partial charge in [-0.15, -0.1) is 0 Å². The molecule has 0 aromatic rings. The van der Waals surface area contributed by atoms with Crippen LogP contribution in [0.3, 0.4) is 0 Å². The first-order valence-electron chi connectivity index (χ1n) is 4.97. The second-order valence-electron chi connectivity index (χ2n) is 4.63. The molecule has 0 saturated carbocycles. The summed E-state index contributed by atoms with van der Waals surface area (Å²) in [5.41, 5.74) is -0.00521. The van der Waals surface area contributed by atoms with Gasteiger partial charge in [0.2, 0.25) is 5.91 Å². The van der Waals surface area contributed by atoms with Gasteiger partial charge in [-0.1, -0.05) is 0 Å². The van der Waals surface area contributed by atoms with Gasteiger partial charge < -0.3 is 5.32 Å². The van der Waals surface area contributed by atoms with Gasteiger partial charge in [-0.05, 0) is 27.7 Å². The fraction of sp³-hybridized carbons (Fsp3) is 0.900. The Hall–Kier alpha value is -0.570. The van der Waals surface area contributed by atoms with E-state index in [0.29, 0.717) is 12.5 Å². The largest absolute Gasteiger partial charge is 0.355 e. The summed E-state index contributed by atoms with van der Waals surface area (Å²) in [6.45, 7) is 10.4. The van der Waals surface area contributed by atoms with E-state index in [1.807, 2.05) is 0 Å². The highest BCUT2D eigenvalue weighted by Gasteiger charge is 2.32. The van der Waals surface area contributed by atoms with Gasteiger partial charge in [0.25, 0.3) is 0 Å². The highest BCUT2D eigenvalue weighted by atomic mass is 16.1. The molecule has 0 spiro atoms. The van der Waals surface area contributed by atoms with Crippen molar-refractivity contribution in [3.8, 4) is 0 Å². The molecular formula is C10H20N2O. The van der Waals surface area contributed by atoms with Crippen molar-refractivity contribution in [3.63, 3.8) is 0 Å². The Bertz CT molecular complexity index is 199. The lowest BCUT2D eigenvalue weighted by Crippen LogP contribution is -2.48. The van der Waals surface area contributed by atoms with Crippen molar-refractivity contribution in [2.24, 2.45) is 0 Å². The molecule has 0 unspecified atom stereocenters. The smallest absolute Gasteiger partial charge is 0.221 e. The van der Waals surface area contributed by atoms with Crippen molar-refractivity contribution in [1.82, 2.24) is 10.2 Å². The molecule has 3 heteroatoms. The summed E-state index contributed by atoms with van der Waals surface area (Å²) in [5, 5.41) is 2.90. The zero-order valence-corrected chi connectivity index (χ0v) is 9.05. The van der Waals surface area contributed by atoms with Crippen molar-refractivity contribution in [2.75, 3.05) is 13.1 Å². The van der Waals surface area contributed by atoms with Crippen LogP contribution in [-0.2, 0) is 4.79 Å². The van der Waals surface area contributed by atoms with Crippen LogP contribution in [0.4, 0.5) is 0 Å². The molecule has 1 N–H and O–H groups in total. The Morgan fingerprint density at radius 3 is 2.62 bits per heavy atom. The second-order valence-corrected chi connectivity index (χ2v) is 4.63. The molecule has 3 nitrogen and oxygen atoms in total. The van der Waals surface area contributed by atoms with Gasteiger partial charge in [-0.2, -0.15) is 0 Å². The summed E-state index contributed by atoms with van der Waals surface area (Å²) in [6, 6.07) is 0.503. The Balaban J connectivity index is 2.77. The molecule has 0 radical (unpaired) electrons. The molecule has 0 bridgehead atoms. The summed E-state index contributed by atoms with van der Waals surface area (Å²) in [4.78, 5) is 13.7. The molecule has 0 atom stereocenters. The van der Waals surface area contributed by atoms with Gasteiger partial charge in [0.1, 0.15) is 0 Å². The van der Waals surface area contributed by atoms with E-state index in [2.05, 4.69) is 37.9 Å². The highest BCUT2D eigenvalue weighted by molar-refractivity contribution is 5.77. The second kappa shape index (κ2) is 3.66. The quantitative estimate of drug-likeness (QED) is 0.659. The van der Waals surface area contributed by atoms with Gasteiger partial charge in [0, 0.05) is 31.1 Å². The van der Waals surface area contributed by atoms with E-state index in [9.17, 15) is 4.79 Å². The lowest BCUT2D eigenvalue weighted by molar-refractivity contribution is -0.122. The van der Waals surface area contributed by atoms with Gasteiger partial charge in [0.05, 0.1) is 0 Å². The summed E-state index contributed by atoms with van der Waals surface area (Å²) in [5.74, 6) is 0.174. The Labute approximate surface area is 80.5 Å². The summed E-state index contributed by atoms with van der Waals surface area (Å²) >= 11 is 0. The van der Waals surface area contributed by atoms with E-state index in [4.69, 9.17) is 0 Å². The fourth-order valence-corrected chi connectivity index (χ4v) is 2.13. The first-order chi connectivity index (χ1) is 5.93. The summed E-state index contributed by atoms with van der Waals surface area (Å²) in [6.07, 6.45) is 0.602. The van der Waals surface area contributed by atoms with Crippen molar-refractivity contribution in [2.45, 2.75) is 45.7 Å². The SMILES string of the molecule is CC(C)N1CCNC(=O)CC1(C)C. The molecule has 0 aromatic carbocycles. The van der Waals surface area contributed by atoms with Crippen molar-refractivity contribution in [1.29, 1.82) is 0 Å². The number of amides is 1. The van der Waals surface area contributed by atoms with Gasteiger partial charge in [-0.3, -0.25) is 9.69 Å². The van der Waals surface area contributed by atoms with E-state index in [1.54, 1.807) is 0 Å². The molecule has 13 heavy (non-hydrogen) atoms. The summed E-state index contributed by atoms with van der Waals surface area (Å²) < 4.78 is 0. The highest BCUT2D eigenvalue weighted by Crippen LogP contribution is 2.22. The average molecular weight is 184 g/mol. The maximum Gasteiger partial charge on any atom is 0.221 e. The van der Waals surface area contributed by atoms with E-state index in [-0.39, 0.29) is 11.4 Å². The van der Waals surface area contributed by atoms with E-state index in [1.165, 1.54) is 0 Å². The van der Waals surface area contributed by atoms with Crippen molar-refractivity contribution in [3.05, 3.63) is 0 Å². The maximum absolute atomic E-state index is 11.3. The van der Waals surface area contributed by atoms with Crippen LogP contribution in [0.15, 0.2) is 0 Å². The van der Waals surface area contributed by atoms with Crippen LogP contribution < -0.4 is 5.32 Å². The molecule has 76 valence electrons. The van der Waals surface area contributed by atoms with Crippen LogP contribution in [0, 0.1) is 0 Å². The summed E-state index contributed by atoms with van der Waals surface area (Å²) in [7, 11) is 0. The zero-order chi connectivity index (χ0) is 10.1. The predicted octanol–water partition coefficient (Wildman–Crippen LogP) is 0.995. The van der Waals surface area contributed by atoms with Crippen LogP contribution in [0.5, 0.6) is 0 Å². The van der Waals surface area contributed by atoms with Gasteiger partial charge in [-0.25, -0.2) is 0 Å². The number of carbonyl (C=O) groups is 1.